The average molecular weight is 401 g/mol. The second-order valence-corrected chi connectivity index (χ2v) is 8.43. The third-order valence-corrected chi connectivity index (χ3v) is 6.24. The van der Waals surface area contributed by atoms with Crippen molar-refractivity contribution in [2.45, 2.75) is 39.2 Å². The molecule has 2 aromatic rings. The molecule has 0 aliphatic carbocycles. The Bertz CT molecular complexity index is 862. The number of likely N-dealkylation sites (tertiary alicyclic amines) is 1. The SMILES string of the molecule is CC(C)[C@H](CC(=O)c1ncc(-c2ccccc2)s1)C(=O)N1CCC[C@H]1C(=O)O. The first-order chi connectivity index (χ1) is 13.4. The van der Waals surface area contributed by atoms with Crippen molar-refractivity contribution in [2.75, 3.05) is 6.54 Å². The number of thiazole rings is 1. The lowest BCUT2D eigenvalue weighted by molar-refractivity contribution is -0.150. The van der Waals surface area contributed by atoms with Gasteiger partial charge in [-0.15, -0.1) is 11.3 Å². The highest BCUT2D eigenvalue weighted by atomic mass is 32.1. The molecule has 1 fully saturated rings. The number of carboxylic acid groups (broad SMARTS) is 1. The van der Waals surface area contributed by atoms with Crippen molar-refractivity contribution in [1.82, 2.24) is 9.88 Å². The first-order valence-electron chi connectivity index (χ1n) is 9.46. The van der Waals surface area contributed by atoms with Gasteiger partial charge >= 0.3 is 5.97 Å². The fourth-order valence-corrected chi connectivity index (χ4v) is 4.40. The predicted octanol–water partition coefficient (Wildman–Crippen LogP) is 3.73. The van der Waals surface area contributed by atoms with E-state index in [1.54, 1.807) is 6.20 Å². The van der Waals surface area contributed by atoms with E-state index in [1.165, 1.54) is 16.2 Å². The van der Waals surface area contributed by atoms with Gasteiger partial charge < -0.3 is 10.0 Å². The minimum absolute atomic E-state index is 0.0427. The number of carbonyl (C=O) groups is 3. The van der Waals surface area contributed by atoms with Gasteiger partial charge in [0.25, 0.3) is 0 Å². The molecule has 6 nitrogen and oxygen atoms in total. The summed E-state index contributed by atoms with van der Waals surface area (Å²) in [4.78, 5) is 43.8. The standard InChI is InChI=1S/C21H24N2O4S/c1-13(2)15(20(25)23-10-6-9-16(23)21(26)27)11-17(24)19-22-12-18(28-19)14-7-4-3-5-8-14/h3-5,7-8,12-13,15-16H,6,9-11H2,1-2H3,(H,26,27)/t15-,16-/m0/s1. The number of hydrogen-bond acceptors (Lipinski definition) is 5. The number of carboxylic acids is 1. The van der Waals surface area contributed by atoms with Gasteiger partial charge in [0.15, 0.2) is 10.8 Å². The Morgan fingerprint density at radius 2 is 1.96 bits per heavy atom. The highest BCUT2D eigenvalue weighted by molar-refractivity contribution is 7.17. The Morgan fingerprint density at radius 1 is 1.25 bits per heavy atom. The molecule has 1 amide bonds. The van der Waals surface area contributed by atoms with E-state index in [-0.39, 0.29) is 24.0 Å². The van der Waals surface area contributed by atoms with Crippen LogP contribution in [0.2, 0.25) is 0 Å². The van der Waals surface area contributed by atoms with E-state index in [1.807, 2.05) is 44.2 Å². The van der Waals surface area contributed by atoms with E-state index >= 15 is 0 Å². The van der Waals surface area contributed by atoms with E-state index in [0.29, 0.717) is 24.4 Å². The lowest BCUT2D eigenvalue weighted by Gasteiger charge is -2.28. The van der Waals surface area contributed by atoms with Crippen LogP contribution < -0.4 is 0 Å². The average Bonchev–Trinajstić information content (AvgIpc) is 3.35. The van der Waals surface area contributed by atoms with E-state index in [9.17, 15) is 19.5 Å². The van der Waals surface area contributed by atoms with E-state index < -0.39 is 17.9 Å². The van der Waals surface area contributed by atoms with Crippen LogP contribution in [-0.4, -0.2) is 45.2 Å². The number of aromatic nitrogens is 1. The summed E-state index contributed by atoms with van der Waals surface area (Å²) >= 11 is 1.32. The van der Waals surface area contributed by atoms with Crippen molar-refractivity contribution in [1.29, 1.82) is 0 Å². The molecule has 2 heterocycles. The molecule has 0 unspecified atom stereocenters. The molecule has 1 N–H and O–H groups in total. The molecule has 3 rings (SSSR count). The quantitative estimate of drug-likeness (QED) is 0.716. The van der Waals surface area contributed by atoms with Crippen molar-refractivity contribution >= 4 is 29.0 Å². The van der Waals surface area contributed by atoms with Crippen molar-refractivity contribution in [2.24, 2.45) is 11.8 Å². The summed E-state index contributed by atoms with van der Waals surface area (Å²) in [6.07, 6.45) is 2.86. The number of rotatable bonds is 7. The van der Waals surface area contributed by atoms with Crippen LogP contribution in [0.25, 0.3) is 10.4 Å². The van der Waals surface area contributed by atoms with Crippen LogP contribution in [0.15, 0.2) is 36.5 Å². The van der Waals surface area contributed by atoms with Crippen LogP contribution in [0, 0.1) is 11.8 Å². The van der Waals surface area contributed by atoms with Gasteiger partial charge in [-0.2, -0.15) is 0 Å². The van der Waals surface area contributed by atoms with Crippen molar-refractivity contribution in [3.05, 3.63) is 41.5 Å². The Hall–Kier alpha value is -2.54. The van der Waals surface area contributed by atoms with Gasteiger partial charge in [0, 0.05) is 25.1 Å². The molecule has 0 bridgehead atoms. The van der Waals surface area contributed by atoms with Crippen LogP contribution in [0.5, 0.6) is 0 Å². The summed E-state index contributed by atoms with van der Waals surface area (Å²) in [6.45, 7) is 4.21. The van der Waals surface area contributed by atoms with Gasteiger partial charge in [-0.3, -0.25) is 9.59 Å². The Kier molecular flexibility index (Phi) is 6.24. The van der Waals surface area contributed by atoms with E-state index in [2.05, 4.69) is 4.98 Å². The molecule has 1 saturated heterocycles. The summed E-state index contributed by atoms with van der Waals surface area (Å²) in [5, 5.41) is 9.74. The third-order valence-electron chi connectivity index (χ3n) is 5.15. The van der Waals surface area contributed by atoms with Gasteiger partial charge in [-0.25, -0.2) is 9.78 Å². The lowest BCUT2D eigenvalue weighted by atomic mass is 9.89. The fraction of sp³-hybridized carbons (Fsp3) is 0.429. The number of benzene rings is 1. The third kappa shape index (κ3) is 4.30. The maximum absolute atomic E-state index is 13.0. The minimum Gasteiger partial charge on any atom is -0.480 e. The van der Waals surface area contributed by atoms with Crippen molar-refractivity contribution in [3.63, 3.8) is 0 Å². The summed E-state index contributed by atoms with van der Waals surface area (Å²) in [6, 6.07) is 8.92. The van der Waals surface area contributed by atoms with Gasteiger partial charge in [0.2, 0.25) is 5.91 Å². The molecule has 1 aliphatic rings. The summed E-state index contributed by atoms with van der Waals surface area (Å²) in [7, 11) is 0. The number of amides is 1. The first-order valence-corrected chi connectivity index (χ1v) is 10.3. The molecular weight excluding hydrogens is 376 g/mol. The highest BCUT2D eigenvalue weighted by Crippen LogP contribution is 2.30. The monoisotopic (exact) mass is 400 g/mol. The highest BCUT2D eigenvalue weighted by Gasteiger charge is 2.38. The van der Waals surface area contributed by atoms with Crippen LogP contribution in [0.3, 0.4) is 0 Å². The minimum atomic E-state index is -0.980. The molecule has 28 heavy (non-hydrogen) atoms. The number of carbonyl (C=O) groups excluding carboxylic acids is 2. The zero-order valence-electron chi connectivity index (χ0n) is 16.0. The molecule has 2 atom stereocenters. The molecule has 1 aliphatic heterocycles. The molecule has 0 saturated carbocycles. The molecule has 148 valence electrons. The Morgan fingerprint density at radius 3 is 2.61 bits per heavy atom. The van der Waals surface area contributed by atoms with Crippen LogP contribution in [0.4, 0.5) is 0 Å². The Balaban J connectivity index is 1.74. The number of aliphatic carboxylic acids is 1. The zero-order valence-corrected chi connectivity index (χ0v) is 16.8. The van der Waals surface area contributed by atoms with Gasteiger partial charge in [-0.1, -0.05) is 44.2 Å². The summed E-state index contributed by atoms with van der Waals surface area (Å²) < 4.78 is 0. The second-order valence-electron chi connectivity index (χ2n) is 7.40. The fourth-order valence-electron chi connectivity index (χ4n) is 3.53. The largest absolute Gasteiger partial charge is 0.480 e. The summed E-state index contributed by atoms with van der Waals surface area (Å²) in [5.41, 5.74) is 0.997. The molecular formula is C21H24N2O4S. The topological polar surface area (TPSA) is 87.6 Å². The van der Waals surface area contributed by atoms with Crippen molar-refractivity contribution in [3.8, 4) is 10.4 Å². The second kappa shape index (κ2) is 8.65. The predicted molar refractivity (Wildman–Crippen MR) is 107 cm³/mol. The first kappa shape index (κ1) is 20.2. The van der Waals surface area contributed by atoms with Gasteiger partial charge in [0.05, 0.1) is 4.88 Å². The molecule has 0 spiro atoms. The number of ketones is 1. The molecule has 0 radical (unpaired) electrons. The number of hydrogen-bond donors (Lipinski definition) is 1. The smallest absolute Gasteiger partial charge is 0.326 e. The van der Waals surface area contributed by atoms with Crippen LogP contribution in [-0.2, 0) is 9.59 Å². The summed E-state index contributed by atoms with van der Waals surface area (Å²) in [5.74, 6) is -2.01. The van der Waals surface area contributed by atoms with Crippen LogP contribution >= 0.6 is 11.3 Å². The molecule has 1 aromatic carbocycles. The van der Waals surface area contributed by atoms with Gasteiger partial charge in [0.1, 0.15) is 6.04 Å². The number of nitrogens with zero attached hydrogens (tertiary/aromatic N) is 2. The van der Waals surface area contributed by atoms with E-state index in [0.717, 1.165) is 10.4 Å². The maximum Gasteiger partial charge on any atom is 0.326 e. The molecule has 7 heteroatoms. The lowest BCUT2D eigenvalue weighted by Crippen LogP contribution is -2.45. The van der Waals surface area contributed by atoms with Gasteiger partial charge in [-0.05, 0) is 24.3 Å². The Labute approximate surface area is 168 Å². The van der Waals surface area contributed by atoms with E-state index in [4.69, 9.17) is 0 Å². The normalized spacial score (nSPS) is 17.7. The number of Topliss-reactive ketones (excluding diaryl/α,β-unsaturated/α-hetero) is 1. The molecule has 1 aromatic heterocycles. The zero-order chi connectivity index (χ0) is 20.3. The maximum atomic E-state index is 13.0. The van der Waals surface area contributed by atoms with Crippen LogP contribution in [0.1, 0.15) is 42.9 Å². The van der Waals surface area contributed by atoms with Crippen molar-refractivity contribution < 1.29 is 19.5 Å².